The summed E-state index contributed by atoms with van der Waals surface area (Å²) in [6, 6.07) is 18.4. The zero-order valence-corrected chi connectivity index (χ0v) is 18.2. The molecule has 0 bridgehead atoms. The number of ether oxygens (including phenoxy) is 1. The number of phenols is 1. The topological polar surface area (TPSA) is 91.4 Å². The van der Waals surface area contributed by atoms with Crippen molar-refractivity contribution in [3.63, 3.8) is 0 Å². The molecule has 0 fully saturated rings. The van der Waals surface area contributed by atoms with Crippen molar-refractivity contribution in [2.45, 2.75) is 13.3 Å². The maximum Gasteiger partial charge on any atom is 0.323 e. The van der Waals surface area contributed by atoms with E-state index in [0.29, 0.717) is 35.7 Å². The number of nitrogens with zero attached hydrogens (tertiary/aromatic N) is 2. The van der Waals surface area contributed by atoms with Gasteiger partial charge in [0, 0.05) is 23.9 Å². The third-order valence-electron chi connectivity index (χ3n) is 5.08. The molecule has 0 aromatic heterocycles. The van der Waals surface area contributed by atoms with Crippen molar-refractivity contribution in [1.29, 1.82) is 0 Å². The molecule has 2 N–H and O–H groups in total. The van der Waals surface area contributed by atoms with Gasteiger partial charge in [-0.2, -0.15) is 0 Å². The molecule has 3 aromatic carbocycles. The molecule has 3 aromatic rings. The van der Waals surface area contributed by atoms with Crippen LogP contribution in [0.4, 0.5) is 11.4 Å². The van der Waals surface area contributed by atoms with Crippen molar-refractivity contribution in [3.05, 3.63) is 94.8 Å². The predicted octanol–water partition coefficient (Wildman–Crippen LogP) is 4.84. The summed E-state index contributed by atoms with van der Waals surface area (Å²) in [6.07, 6.45) is 0.514. The maximum absolute atomic E-state index is 12.5. The van der Waals surface area contributed by atoms with Gasteiger partial charge in [-0.05, 0) is 37.1 Å². The van der Waals surface area contributed by atoms with Crippen LogP contribution in [0.2, 0.25) is 0 Å². The van der Waals surface area contributed by atoms with E-state index in [1.165, 1.54) is 12.1 Å². The summed E-state index contributed by atoms with van der Waals surface area (Å²) in [6.45, 7) is 9.56. The second kappa shape index (κ2) is 10.8. The fraction of sp³-hybridized carbons (Fsp3) is 0.192. The predicted molar refractivity (Wildman–Crippen MR) is 125 cm³/mol. The van der Waals surface area contributed by atoms with Gasteiger partial charge in [-0.15, -0.1) is 0 Å². The first-order valence-electron chi connectivity index (χ1n) is 10.4. The van der Waals surface area contributed by atoms with E-state index in [9.17, 15) is 19.8 Å². The number of aromatic hydroxyl groups is 1. The second-order valence-corrected chi connectivity index (χ2v) is 7.47. The lowest BCUT2D eigenvalue weighted by molar-refractivity contribution is -0.135. The van der Waals surface area contributed by atoms with Gasteiger partial charge in [0.05, 0.1) is 18.7 Å². The van der Waals surface area contributed by atoms with Crippen LogP contribution in [0.15, 0.2) is 66.7 Å². The lowest BCUT2D eigenvalue weighted by Crippen LogP contribution is -2.32. The van der Waals surface area contributed by atoms with Crippen molar-refractivity contribution in [3.8, 4) is 11.5 Å². The fourth-order valence-electron chi connectivity index (χ4n) is 3.44. The smallest absolute Gasteiger partial charge is 0.323 e. The quantitative estimate of drug-likeness (QED) is 0.264. The van der Waals surface area contributed by atoms with Crippen LogP contribution < -0.4 is 9.64 Å². The minimum absolute atomic E-state index is 0.166. The van der Waals surface area contributed by atoms with Crippen molar-refractivity contribution < 1.29 is 24.5 Å². The number of aryl methyl sites for hydroxylation is 1. The number of benzene rings is 3. The highest BCUT2D eigenvalue weighted by Gasteiger charge is 2.15. The fourth-order valence-corrected chi connectivity index (χ4v) is 3.44. The van der Waals surface area contributed by atoms with Crippen LogP contribution >= 0.6 is 0 Å². The average molecular weight is 444 g/mol. The Bertz CT molecular complexity index is 1190. The molecule has 0 atom stereocenters. The number of phenolic OH excluding ortho intramolecular Hbond substituents is 1. The van der Waals surface area contributed by atoms with Crippen LogP contribution in [0.5, 0.6) is 11.5 Å². The molecule has 0 aliphatic heterocycles. The van der Waals surface area contributed by atoms with Crippen LogP contribution in [0.3, 0.4) is 0 Å². The standard InChI is InChI=1S/C26H24N2O5/c1-18-9-10-20(27-2)15-23(18)28(17-25(30)31)13-6-14-33-21-11-12-22(24(29)16-21)26(32)19-7-4-3-5-8-19/h3-5,7-12,15-16,29H,6,13-14,17H2,1H3,(H,30,31). The summed E-state index contributed by atoms with van der Waals surface area (Å²) in [7, 11) is 0. The molecular weight excluding hydrogens is 420 g/mol. The van der Waals surface area contributed by atoms with E-state index in [4.69, 9.17) is 11.3 Å². The first-order chi connectivity index (χ1) is 15.9. The highest BCUT2D eigenvalue weighted by atomic mass is 16.5. The molecule has 0 saturated heterocycles. The highest BCUT2D eigenvalue weighted by Crippen LogP contribution is 2.27. The number of rotatable bonds is 10. The molecule has 33 heavy (non-hydrogen) atoms. The second-order valence-electron chi connectivity index (χ2n) is 7.47. The highest BCUT2D eigenvalue weighted by molar-refractivity contribution is 6.10. The Morgan fingerprint density at radius 2 is 1.82 bits per heavy atom. The zero-order chi connectivity index (χ0) is 23.8. The molecule has 0 heterocycles. The normalized spacial score (nSPS) is 10.3. The summed E-state index contributed by atoms with van der Waals surface area (Å²) < 4.78 is 5.70. The molecule has 0 radical (unpaired) electrons. The molecule has 0 spiro atoms. The number of hydrogen-bond donors (Lipinski definition) is 2. The van der Waals surface area contributed by atoms with Crippen molar-refractivity contribution in [2.75, 3.05) is 24.6 Å². The van der Waals surface area contributed by atoms with E-state index in [2.05, 4.69) is 4.85 Å². The SMILES string of the molecule is [C-]#[N+]c1ccc(C)c(N(CCCOc2ccc(C(=O)c3ccccc3)c(O)c2)CC(=O)O)c1. The number of hydrogen-bond acceptors (Lipinski definition) is 5. The molecule has 0 saturated carbocycles. The Labute approximate surface area is 192 Å². The van der Waals surface area contributed by atoms with Crippen LogP contribution in [0.1, 0.15) is 27.9 Å². The molecule has 0 aliphatic carbocycles. The molecule has 7 heteroatoms. The lowest BCUT2D eigenvalue weighted by atomic mass is 10.0. The van der Waals surface area contributed by atoms with E-state index in [1.807, 2.05) is 13.0 Å². The van der Waals surface area contributed by atoms with E-state index in [1.54, 1.807) is 53.4 Å². The van der Waals surface area contributed by atoms with Crippen LogP contribution in [-0.2, 0) is 4.79 Å². The molecule has 0 unspecified atom stereocenters. The summed E-state index contributed by atoms with van der Waals surface area (Å²) in [5.74, 6) is -0.998. The first kappa shape index (κ1) is 23.4. The third-order valence-corrected chi connectivity index (χ3v) is 5.08. The molecule has 3 rings (SSSR count). The van der Waals surface area contributed by atoms with Gasteiger partial charge in [0.1, 0.15) is 18.0 Å². The Morgan fingerprint density at radius 1 is 1.06 bits per heavy atom. The minimum atomic E-state index is -0.966. The van der Waals surface area contributed by atoms with Gasteiger partial charge < -0.3 is 19.8 Å². The van der Waals surface area contributed by atoms with Gasteiger partial charge >= 0.3 is 5.97 Å². The summed E-state index contributed by atoms with van der Waals surface area (Å²) in [5.41, 5.74) is 2.71. The summed E-state index contributed by atoms with van der Waals surface area (Å²) in [4.78, 5) is 29.0. The number of aliphatic carboxylic acids is 1. The van der Waals surface area contributed by atoms with Gasteiger partial charge in [0.25, 0.3) is 0 Å². The molecule has 0 aliphatic rings. The zero-order valence-electron chi connectivity index (χ0n) is 18.2. The first-order valence-corrected chi connectivity index (χ1v) is 10.4. The maximum atomic E-state index is 12.5. The summed E-state index contributed by atoms with van der Waals surface area (Å²) >= 11 is 0. The number of ketones is 1. The molecule has 0 amide bonds. The number of anilines is 1. The number of carbonyl (C=O) groups excluding carboxylic acids is 1. The number of carboxylic acids is 1. The Kier molecular flexibility index (Phi) is 7.66. The van der Waals surface area contributed by atoms with Gasteiger partial charge in [-0.25, -0.2) is 4.85 Å². The number of carboxylic acid groups (broad SMARTS) is 1. The van der Waals surface area contributed by atoms with Crippen molar-refractivity contribution >= 4 is 23.1 Å². The molecular formula is C26H24N2O5. The van der Waals surface area contributed by atoms with Crippen LogP contribution in [0, 0.1) is 13.5 Å². The average Bonchev–Trinajstić information content (AvgIpc) is 2.81. The lowest BCUT2D eigenvalue weighted by Gasteiger charge is -2.25. The monoisotopic (exact) mass is 444 g/mol. The van der Waals surface area contributed by atoms with Gasteiger partial charge in [0.15, 0.2) is 11.5 Å². The molecule has 168 valence electrons. The van der Waals surface area contributed by atoms with Gasteiger partial charge in [-0.3, -0.25) is 9.59 Å². The van der Waals surface area contributed by atoms with Crippen molar-refractivity contribution in [1.82, 2.24) is 0 Å². The Morgan fingerprint density at radius 3 is 2.48 bits per heavy atom. The largest absolute Gasteiger partial charge is 0.507 e. The van der Waals surface area contributed by atoms with Gasteiger partial charge in [0.2, 0.25) is 0 Å². The van der Waals surface area contributed by atoms with Crippen molar-refractivity contribution in [2.24, 2.45) is 0 Å². The van der Waals surface area contributed by atoms with E-state index < -0.39 is 5.97 Å². The number of carbonyl (C=O) groups is 2. The molecule has 7 nitrogen and oxygen atoms in total. The van der Waals surface area contributed by atoms with E-state index in [-0.39, 0.29) is 30.2 Å². The van der Waals surface area contributed by atoms with Gasteiger partial charge in [-0.1, -0.05) is 42.5 Å². The third kappa shape index (κ3) is 6.11. The van der Waals surface area contributed by atoms with E-state index in [0.717, 1.165) is 5.56 Å². The van der Waals surface area contributed by atoms with Crippen LogP contribution in [-0.4, -0.2) is 41.7 Å². The Hall–Kier alpha value is -4.31. The summed E-state index contributed by atoms with van der Waals surface area (Å²) in [5, 5.41) is 19.6. The minimum Gasteiger partial charge on any atom is -0.507 e. The Balaban J connectivity index is 1.62. The van der Waals surface area contributed by atoms with Crippen LogP contribution in [0.25, 0.3) is 4.85 Å². The van der Waals surface area contributed by atoms with E-state index >= 15 is 0 Å².